The van der Waals surface area contributed by atoms with Gasteiger partial charge >= 0.3 is 0 Å². The van der Waals surface area contributed by atoms with Gasteiger partial charge < -0.3 is 14.6 Å². The van der Waals surface area contributed by atoms with E-state index in [0.29, 0.717) is 5.75 Å². The summed E-state index contributed by atoms with van der Waals surface area (Å²) in [6.07, 6.45) is 2.47. The summed E-state index contributed by atoms with van der Waals surface area (Å²) in [5.74, 6) is 0.479. The molecule has 3 aromatic rings. The highest BCUT2D eigenvalue weighted by atomic mass is 32.2. The molecule has 1 aliphatic heterocycles. The van der Waals surface area contributed by atoms with Crippen LogP contribution in [-0.2, 0) is 11.3 Å². The molecule has 1 fully saturated rings. The minimum Gasteiger partial charge on any atom is -0.376 e. The Morgan fingerprint density at radius 3 is 2.90 bits per heavy atom. The Hall–Kier alpha value is -2.16. The predicted octanol–water partition coefficient (Wildman–Crippen LogP) is 4.57. The Bertz CT molecular complexity index is 994. The standard InChI is InChI=1S/C22H26N4O2S2/c1-15-11-19(16(2)26(15)13-17-7-4-3-5-8-17)20(27)14-29-22-25-24-21(30-22)23-12-18-9-6-10-28-18/h3-5,7-8,11,18H,6,9-10,12-14H2,1-2H3,(H,23,24)/t18-/m0/s1. The molecule has 1 aromatic carbocycles. The zero-order chi connectivity index (χ0) is 20.9. The van der Waals surface area contributed by atoms with Gasteiger partial charge in [0, 0.05) is 36.6 Å². The molecule has 0 bridgehead atoms. The number of ether oxygens (including phenoxy) is 1. The van der Waals surface area contributed by atoms with E-state index >= 15 is 0 Å². The van der Waals surface area contributed by atoms with Crippen LogP contribution >= 0.6 is 23.1 Å². The number of nitrogens with one attached hydrogen (secondary N) is 1. The van der Waals surface area contributed by atoms with E-state index in [1.807, 2.05) is 31.2 Å². The Morgan fingerprint density at radius 2 is 2.13 bits per heavy atom. The normalized spacial score (nSPS) is 16.1. The molecular formula is C22H26N4O2S2. The van der Waals surface area contributed by atoms with E-state index < -0.39 is 0 Å². The van der Waals surface area contributed by atoms with E-state index in [9.17, 15) is 4.79 Å². The topological polar surface area (TPSA) is 69.0 Å². The van der Waals surface area contributed by atoms with Crippen molar-refractivity contribution in [3.63, 3.8) is 0 Å². The zero-order valence-corrected chi connectivity index (χ0v) is 18.9. The quantitative estimate of drug-likeness (QED) is 0.387. The second-order valence-corrected chi connectivity index (χ2v) is 9.66. The Morgan fingerprint density at radius 1 is 1.30 bits per heavy atom. The van der Waals surface area contributed by atoms with Crippen LogP contribution in [0, 0.1) is 13.8 Å². The highest BCUT2D eigenvalue weighted by Gasteiger charge is 2.18. The molecule has 0 amide bonds. The van der Waals surface area contributed by atoms with Crippen molar-refractivity contribution in [1.82, 2.24) is 14.8 Å². The number of nitrogens with zero attached hydrogens (tertiary/aromatic N) is 3. The molecule has 0 aliphatic carbocycles. The molecule has 1 aliphatic rings. The lowest BCUT2D eigenvalue weighted by Crippen LogP contribution is -2.18. The van der Waals surface area contributed by atoms with E-state index in [2.05, 4.69) is 39.1 Å². The maximum atomic E-state index is 12.9. The van der Waals surface area contributed by atoms with Crippen LogP contribution in [-0.4, -0.2) is 45.6 Å². The fourth-order valence-corrected chi connectivity index (χ4v) is 5.29. The lowest BCUT2D eigenvalue weighted by molar-refractivity contribution is 0.102. The fourth-order valence-electron chi connectivity index (χ4n) is 3.64. The summed E-state index contributed by atoms with van der Waals surface area (Å²) in [4.78, 5) is 12.9. The van der Waals surface area contributed by atoms with E-state index in [1.165, 1.54) is 28.7 Å². The van der Waals surface area contributed by atoms with E-state index in [4.69, 9.17) is 4.74 Å². The summed E-state index contributed by atoms with van der Waals surface area (Å²) in [6, 6.07) is 12.3. The van der Waals surface area contributed by atoms with Gasteiger partial charge in [-0.1, -0.05) is 53.4 Å². The first-order chi connectivity index (χ1) is 14.6. The number of carbonyl (C=O) groups excluding carboxylic acids is 1. The molecule has 30 heavy (non-hydrogen) atoms. The molecule has 8 heteroatoms. The Labute approximate surface area is 185 Å². The summed E-state index contributed by atoms with van der Waals surface area (Å²) in [5, 5.41) is 12.4. The maximum Gasteiger partial charge on any atom is 0.206 e. The molecular weight excluding hydrogens is 416 g/mol. The number of thioether (sulfide) groups is 1. The molecule has 6 nitrogen and oxygen atoms in total. The van der Waals surface area contributed by atoms with Gasteiger partial charge in [-0.15, -0.1) is 10.2 Å². The molecule has 0 unspecified atom stereocenters. The average molecular weight is 443 g/mol. The minimum absolute atomic E-state index is 0.122. The third kappa shape index (κ3) is 5.11. The molecule has 1 saturated heterocycles. The third-order valence-corrected chi connectivity index (χ3v) is 7.31. The van der Waals surface area contributed by atoms with Gasteiger partial charge in [0.05, 0.1) is 11.9 Å². The summed E-state index contributed by atoms with van der Waals surface area (Å²) in [7, 11) is 0. The fraction of sp³-hybridized carbons (Fsp3) is 0.409. The molecule has 158 valence electrons. The van der Waals surface area contributed by atoms with Crippen molar-refractivity contribution in [2.45, 2.75) is 43.7 Å². The molecule has 1 N–H and O–H groups in total. The highest BCUT2D eigenvalue weighted by Crippen LogP contribution is 2.27. The monoisotopic (exact) mass is 442 g/mol. The van der Waals surface area contributed by atoms with Gasteiger partial charge in [0.2, 0.25) is 5.13 Å². The number of anilines is 1. The smallest absolute Gasteiger partial charge is 0.206 e. The van der Waals surface area contributed by atoms with Crippen molar-refractivity contribution >= 4 is 34.0 Å². The van der Waals surface area contributed by atoms with Crippen molar-refractivity contribution in [3.05, 3.63) is 58.9 Å². The largest absolute Gasteiger partial charge is 0.376 e. The highest BCUT2D eigenvalue weighted by molar-refractivity contribution is 8.01. The number of hydrogen-bond acceptors (Lipinski definition) is 7. The van der Waals surface area contributed by atoms with Gasteiger partial charge in [0.25, 0.3) is 0 Å². The number of aryl methyl sites for hydroxylation is 1. The Balaban J connectivity index is 1.33. The number of rotatable bonds is 9. The molecule has 0 spiro atoms. The zero-order valence-electron chi connectivity index (χ0n) is 17.3. The average Bonchev–Trinajstić information content (AvgIpc) is 3.49. The van der Waals surface area contributed by atoms with Crippen molar-refractivity contribution in [3.8, 4) is 0 Å². The number of hydrogen-bond donors (Lipinski definition) is 1. The number of ketones is 1. The first kappa shape index (κ1) is 21.1. The van der Waals surface area contributed by atoms with Crippen LogP contribution in [0.4, 0.5) is 5.13 Å². The number of aromatic nitrogens is 3. The molecule has 4 rings (SSSR count). The van der Waals surface area contributed by atoms with Crippen LogP contribution in [0.3, 0.4) is 0 Å². The molecule has 1 atom stereocenters. The number of Topliss-reactive ketones (excluding diaryl/α,β-unsaturated/α-hetero) is 1. The Kier molecular flexibility index (Phi) is 6.86. The van der Waals surface area contributed by atoms with Gasteiger partial charge in [0.15, 0.2) is 10.1 Å². The van der Waals surface area contributed by atoms with Crippen LogP contribution in [0.2, 0.25) is 0 Å². The second-order valence-electron chi connectivity index (χ2n) is 7.46. The van der Waals surface area contributed by atoms with Crippen LogP contribution in [0.5, 0.6) is 0 Å². The van der Waals surface area contributed by atoms with Crippen LogP contribution < -0.4 is 5.32 Å². The van der Waals surface area contributed by atoms with Gasteiger partial charge in [0.1, 0.15) is 0 Å². The van der Waals surface area contributed by atoms with E-state index in [1.54, 1.807) is 0 Å². The van der Waals surface area contributed by atoms with Crippen molar-refractivity contribution in [1.29, 1.82) is 0 Å². The third-order valence-electron chi connectivity index (χ3n) is 5.30. The predicted molar refractivity (Wildman–Crippen MR) is 122 cm³/mol. The molecule has 3 heterocycles. The van der Waals surface area contributed by atoms with Crippen LogP contribution in [0.25, 0.3) is 0 Å². The van der Waals surface area contributed by atoms with E-state index in [0.717, 1.165) is 59.0 Å². The first-order valence-corrected chi connectivity index (χ1v) is 12.0. The lowest BCUT2D eigenvalue weighted by Gasteiger charge is -2.10. The first-order valence-electron chi connectivity index (χ1n) is 10.2. The maximum absolute atomic E-state index is 12.9. The minimum atomic E-state index is 0.122. The van der Waals surface area contributed by atoms with E-state index in [-0.39, 0.29) is 11.9 Å². The summed E-state index contributed by atoms with van der Waals surface area (Å²) in [5.41, 5.74) is 4.13. The summed E-state index contributed by atoms with van der Waals surface area (Å²) in [6.45, 7) is 6.45. The van der Waals surface area contributed by atoms with Crippen molar-refractivity contribution in [2.24, 2.45) is 0 Å². The van der Waals surface area contributed by atoms with Crippen LogP contribution in [0.1, 0.15) is 40.2 Å². The van der Waals surface area contributed by atoms with Crippen molar-refractivity contribution < 1.29 is 9.53 Å². The van der Waals surface area contributed by atoms with Gasteiger partial charge in [-0.25, -0.2) is 0 Å². The van der Waals surface area contributed by atoms with Gasteiger partial charge in [-0.05, 0) is 38.3 Å². The summed E-state index contributed by atoms with van der Waals surface area (Å²) >= 11 is 2.93. The molecule has 2 aromatic heterocycles. The SMILES string of the molecule is Cc1cc(C(=O)CSc2nnc(NC[C@@H]3CCCO3)s2)c(C)n1Cc1ccccc1. The van der Waals surface area contributed by atoms with Gasteiger partial charge in [-0.3, -0.25) is 4.79 Å². The van der Waals surface area contributed by atoms with Crippen LogP contribution in [0.15, 0.2) is 40.7 Å². The lowest BCUT2D eigenvalue weighted by atomic mass is 10.2. The second kappa shape index (κ2) is 9.76. The number of benzene rings is 1. The van der Waals surface area contributed by atoms with Crippen molar-refractivity contribution in [2.75, 3.05) is 24.2 Å². The molecule has 0 radical (unpaired) electrons. The number of carbonyl (C=O) groups is 1. The summed E-state index contributed by atoms with van der Waals surface area (Å²) < 4.78 is 8.61. The molecule has 0 saturated carbocycles. The van der Waals surface area contributed by atoms with Gasteiger partial charge in [-0.2, -0.15) is 0 Å².